The quantitative estimate of drug-likeness (QED) is 0.212. The van der Waals surface area contributed by atoms with Gasteiger partial charge in [0.1, 0.15) is 6.23 Å². The maximum absolute atomic E-state index is 11.6. The summed E-state index contributed by atoms with van der Waals surface area (Å²) < 4.78 is 0. The Bertz CT molecular complexity index is 360. The molecule has 0 radical (unpaired) electrons. The van der Waals surface area contributed by atoms with E-state index >= 15 is 0 Å². The number of nitrogens with one attached hydrogen (secondary N) is 1. The van der Waals surface area contributed by atoms with E-state index in [9.17, 15) is 14.7 Å². The number of aliphatic carboxylic acids is 1. The molecule has 7 nitrogen and oxygen atoms in total. The molecule has 0 spiro atoms. The van der Waals surface area contributed by atoms with Crippen LogP contribution in [0.1, 0.15) is 45.4 Å². The van der Waals surface area contributed by atoms with Gasteiger partial charge < -0.3 is 20.6 Å². The van der Waals surface area contributed by atoms with Crippen LogP contribution in [0.25, 0.3) is 0 Å². The number of nitrogens with zero attached hydrogens (tertiary/aromatic N) is 1. The van der Waals surface area contributed by atoms with Crippen molar-refractivity contribution in [1.29, 1.82) is 0 Å². The van der Waals surface area contributed by atoms with Gasteiger partial charge in [0.25, 0.3) is 0 Å². The molecule has 7 heteroatoms. The van der Waals surface area contributed by atoms with Crippen molar-refractivity contribution in [2.45, 2.75) is 51.7 Å². The van der Waals surface area contributed by atoms with Gasteiger partial charge in [0.05, 0.1) is 13.2 Å². The highest BCUT2D eigenvalue weighted by Crippen LogP contribution is 2.05. The summed E-state index contributed by atoms with van der Waals surface area (Å²) in [5, 5.41) is 29.7. The second-order valence-corrected chi connectivity index (χ2v) is 5.42. The minimum Gasteiger partial charge on any atom is -0.480 e. The molecule has 23 heavy (non-hydrogen) atoms. The molecule has 0 aliphatic rings. The maximum atomic E-state index is 11.6. The van der Waals surface area contributed by atoms with E-state index in [1.54, 1.807) is 0 Å². The van der Waals surface area contributed by atoms with Gasteiger partial charge in [-0.15, -0.1) is 0 Å². The molecule has 0 aromatic rings. The molecule has 0 fully saturated rings. The minimum atomic E-state index is -1.25. The van der Waals surface area contributed by atoms with Gasteiger partial charge in [0, 0.05) is 13.1 Å². The standard InChI is InChI=1S/C16H30N2O5/c1-2-3-4-5-6-7-8-9-14(20)17-10-11-18(12-16(22)23)15(21)13-19/h8-9,15,19,21H,2-7,10-13H2,1H3,(H,17,20)(H,22,23)/b9-8+. The Hall–Kier alpha value is -1.44. The van der Waals surface area contributed by atoms with Gasteiger partial charge in [0.15, 0.2) is 0 Å². The number of allylic oxidation sites excluding steroid dienone is 1. The van der Waals surface area contributed by atoms with Gasteiger partial charge >= 0.3 is 5.97 Å². The molecule has 134 valence electrons. The van der Waals surface area contributed by atoms with Crippen LogP contribution in [0.5, 0.6) is 0 Å². The number of carboxylic acid groups (broad SMARTS) is 1. The molecular weight excluding hydrogens is 300 g/mol. The van der Waals surface area contributed by atoms with Crippen LogP contribution in [-0.2, 0) is 9.59 Å². The SMILES string of the molecule is CCCCCCC/C=C/C(=O)NCCN(CC(=O)O)C(O)CO. The molecule has 0 aromatic carbocycles. The summed E-state index contributed by atoms with van der Waals surface area (Å²) in [4.78, 5) is 23.4. The fourth-order valence-electron chi connectivity index (χ4n) is 2.06. The summed E-state index contributed by atoms with van der Waals surface area (Å²) >= 11 is 0. The van der Waals surface area contributed by atoms with Crippen molar-refractivity contribution in [2.24, 2.45) is 0 Å². The normalized spacial score (nSPS) is 12.7. The van der Waals surface area contributed by atoms with Gasteiger partial charge in [-0.05, 0) is 18.9 Å². The summed E-state index contributed by atoms with van der Waals surface area (Å²) in [6.45, 7) is 1.56. The van der Waals surface area contributed by atoms with Crippen molar-refractivity contribution < 1.29 is 24.9 Å². The van der Waals surface area contributed by atoms with Crippen LogP contribution in [-0.4, -0.2) is 64.6 Å². The Labute approximate surface area is 138 Å². The average molecular weight is 330 g/mol. The monoisotopic (exact) mass is 330 g/mol. The topological polar surface area (TPSA) is 110 Å². The molecule has 0 aliphatic heterocycles. The van der Waals surface area contributed by atoms with E-state index in [1.807, 2.05) is 6.08 Å². The predicted octanol–water partition coefficient (Wildman–Crippen LogP) is 0.717. The first kappa shape index (κ1) is 21.6. The zero-order valence-electron chi connectivity index (χ0n) is 13.9. The van der Waals surface area contributed by atoms with Crippen molar-refractivity contribution in [1.82, 2.24) is 10.2 Å². The van der Waals surface area contributed by atoms with Gasteiger partial charge in [-0.1, -0.05) is 38.7 Å². The summed E-state index contributed by atoms with van der Waals surface area (Å²) in [6.07, 6.45) is 8.85. The van der Waals surface area contributed by atoms with Crippen LogP contribution in [0.2, 0.25) is 0 Å². The van der Waals surface area contributed by atoms with Crippen LogP contribution in [0.4, 0.5) is 0 Å². The van der Waals surface area contributed by atoms with E-state index in [1.165, 1.54) is 36.7 Å². The lowest BCUT2D eigenvalue weighted by Gasteiger charge is -2.24. The number of aliphatic hydroxyl groups excluding tert-OH is 2. The number of aliphatic hydroxyl groups is 2. The molecular formula is C16H30N2O5. The van der Waals surface area contributed by atoms with Gasteiger partial charge in [0.2, 0.25) is 5.91 Å². The van der Waals surface area contributed by atoms with Crippen molar-refractivity contribution in [3.63, 3.8) is 0 Å². The van der Waals surface area contributed by atoms with E-state index in [4.69, 9.17) is 10.2 Å². The van der Waals surface area contributed by atoms with Gasteiger partial charge in [-0.2, -0.15) is 0 Å². The van der Waals surface area contributed by atoms with Crippen molar-refractivity contribution in [2.75, 3.05) is 26.2 Å². The molecule has 0 heterocycles. The van der Waals surface area contributed by atoms with Gasteiger partial charge in [-0.25, -0.2) is 0 Å². The Kier molecular flexibility index (Phi) is 13.3. The number of carbonyl (C=O) groups is 2. The third-order valence-electron chi connectivity index (χ3n) is 3.36. The zero-order chi connectivity index (χ0) is 17.5. The summed E-state index contributed by atoms with van der Waals surface area (Å²) in [7, 11) is 0. The first-order valence-electron chi connectivity index (χ1n) is 8.20. The number of carboxylic acids is 1. The van der Waals surface area contributed by atoms with Crippen molar-refractivity contribution in [3.8, 4) is 0 Å². The third-order valence-corrected chi connectivity index (χ3v) is 3.36. The van der Waals surface area contributed by atoms with Crippen molar-refractivity contribution >= 4 is 11.9 Å². The third kappa shape index (κ3) is 12.8. The first-order chi connectivity index (χ1) is 11.0. The van der Waals surface area contributed by atoms with E-state index in [0.717, 1.165) is 12.8 Å². The molecule has 1 amide bonds. The summed E-state index contributed by atoms with van der Waals surface area (Å²) in [6, 6.07) is 0. The molecule has 0 aliphatic carbocycles. The Morgan fingerprint density at radius 2 is 1.91 bits per heavy atom. The Morgan fingerprint density at radius 1 is 1.22 bits per heavy atom. The number of hydrogen-bond donors (Lipinski definition) is 4. The molecule has 0 aromatic heterocycles. The second kappa shape index (κ2) is 14.2. The molecule has 1 atom stereocenters. The predicted molar refractivity (Wildman–Crippen MR) is 87.8 cm³/mol. The zero-order valence-corrected chi connectivity index (χ0v) is 13.9. The van der Waals surface area contributed by atoms with Crippen LogP contribution in [0.15, 0.2) is 12.2 Å². The number of amides is 1. The number of rotatable bonds is 14. The lowest BCUT2D eigenvalue weighted by Crippen LogP contribution is -2.45. The Morgan fingerprint density at radius 3 is 2.52 bits per heavy atom. The molecule has 0 saturated heterocycles. The highest BCUT2D eigenvalue weighted by atomic mass is 16.4. The van der Waals surface area contributed by atoms with Crippen LogP contribution in [0.3, 0.4) is 0 Å². The molecule has 0 saturated carbocycles. The molecule has 1 unspecified atom stereocenters. The fraction of sp³-hybridized carbons (Fsp3) is 0.750. The largest absolute Gasteiger partial charge is 0.480 e. The highest BCUT2D eigenvalue weighted by Gasteiger charge is 2.17. The van der Waals surface area contributed by atoms with Crippen LogP contribution in [0, 0.1) is 0 Å². The number of carbonyl (C=O) groups excluding carboxylic acids is 1. The Balaban J connectivity index is 3.87. The number of hydrogen-bond acceptors (Lipinski definition) is 5. The average Bonchev–Trinajstić information content (AvgIpc) is 2.52. The molecule has 0 rings (SSSR count). The van der Waals surface area contributed by atoms with E-state index < -0.39 is 25.3 Å². The van der Waals surface area contributed by atoms with E-state index in [2.05, 4.69) is 12.2 Å². The lowest BCUT2D eigenvalue weighted by molar-refractivity contribution is -0.142. The highest BCUT2D eigenvalue weighted by molar-refractivity contribution is 5.87. The lowest BCUT2D eigenvalue weighted by atomic mass is 10.1. The maximum Gasteiger partial charge on any atom is 0.317 e. The van der Waals surface area contributed by atoms with Gasteiger partial charge in [-0.3, -0.25) is 14.5 Å². The van der Waals surface area contributed by atoms with Crippen LogP contribution >= 0.6 is 0 Å². The summed E-state index contributed by atoms with van der Waals surface area (Å²) in [5.74, 6) is -1.35. The smallest absolute Gasteiger partial charge is 0.317 e. The minimum absolute atomic E-state index is 0.143. The number of unbranched alkanes of at least 4 members (excludes halogenated alkanes) is 5. The second-order valence-electron chi connectivity index (χ2n) is 5.42. The molecule has 4 N–H and O–H groups in total. The van der Waals surface area contributed by atoms with Crippen LogP contribution < -0.4 is 5.32 Å². The van der Waals surface area contributed by atoms with Crippen molar-refractivity contribution in [3.05, 3.63) is 12.2 Å². The first-order valence-corrected chi connectivity index (χ1v) is 8.20. The molecule has 0 bridgehead atoms. The fourth-order valence-corrected chi connectivity index (χ4v) is 2.06. The van der Waals surface area contributed by atoms with E-state index in [0.29, 0.717) is 0 Å². The summed E-state index contributed by atoms with van der Waals surface area (Å²) in [5.41, 5.74) is 0. The van der Waals surface area contributed by atoms with E-state index in [-0.39, 0.29) is 19.0 Å².